The lowest BCUT2D eigenvalue weighted by Gasteiger charge is -1.92. The van der Waals surface area contributed by atoms with Gasteiger partial charge in [-0.05, 0) is 18.6 Å². The van der Waals surface area contributed by atoms with Crippen LogP contribution in [0, 0.1) is 0 Å². The zero-order valence-electron chi connectivity index (χ0n) is 7.27. The number of aliphatic imine (C=N–C) groups is 1. The third-order valence-corrected chi connectivity index (χ3v) is 1.50. The van der Waals surface area contributed by atoms with Crippen LogP contribution in [-0.4, -0.2) is 6.21 Å². The molecule has 0 radical (unpaired) electrons. The molecule has 0 saturated carbocycles. The van der Waals surface area contributed by atoms with E-state index in [1.165, 1.54) is 5.56 Å². The lowest BCUT2D eigenvalue weighted by atomic mass is 10.2. The number of hydrogen-bond donors (Lipinski definition) is 0. The highest BCUT2D eigenvalue weighted by Crippen LogP contribution is 1.98. The Morgan fingerprint density at radius 3 is 2.67 bits per heavy atom. The van der Waals surface area contributed by atoms with Crippen LogP contribution in [0.25, 0.3) is 0 Å². The largest absolute Gasteiger partial charge is 0.288 e. The topological polar surface area (TPSA) is 12.4 Å². The Morgan fingerprint density at radius 1 is 1.25 bits per heavy atom. The molecule has 12 heavy (non-hydrogen) atoms. The first kappa shape index (κ1) is 8.72. The fourth-order valence-electron chi connectivity index (χ4n) is 0.888. The summed E-state index contributed by atoms with van der Waals surface area (Å²) in [5, 5.41) is 0. The molecule has 0 fully saturated rings. The van der Waals surface area contributed by atoms with E-state index < -0.39 is 0 Å². The fraction of sp³-hybridized carbons (Fsp3) is 0.182. The maximum Gasteiger partial charge on any atom is 0.0639 e. The number of nitrogens with zero attached hydrogens (tertiary/aromatic N) is 1. The Kier molecular flexibility index (Phi) is 3.86. The summed E-state index contributed by atoms with van der Waals surface area (Å²) in [6, 6.07) is 10.2. The number of benzene rings is 1. The standard InChI is InChI=1S/C11H13N/c1-2-3-9-12-10-11-7-5-4-6-8-11/h2-9H,10H2,1H3/b3-2+,12-9?. The zero-order chi connectivity index (χ0) is 8.65. The highest BCUT2D eigenvalue weighted by Gasteiger charge is 1.84. The normalized spacial score (nSPS) is 11.4. The monoisotopic (exact) mass is 159 g/mol. The quantitative estimate of drug-likeness (QED) is 0.601. The van der Waals surface area contributed by atoms with Crippen molar-refractivity contribution >= 4 is 6.21 Å². The third-order valence-electron chi connectivity index (χ3n) is 1.50. The molecule has 1 nitrogen and oxygen atoms in total. The molecular weight excluding hydrogens is 146 g/mol. The second kappa shape index (κ2) is 5.30. The van der Waals surface area contributed by atoms with E-state index in [9.17, 15) is 0 Å². The molecule has 0 spiro atoms. The van der Waals surface area contributed by atoms with Crippen LogP contribution in [0.15, 0.2) is 47.5 Å². The predicted octanol–water partition coefficient (Wildman–Crippen LogP) is 2.83. The van der Waals surface area contributed by atoms with Gasteiger partial charge in [-0.3, -0.25) is 4.99 Å². The molecule has 1 heteroatoms. The van der Waals surface area contributed by atoms with Crippen LogP contribution < -0.4 is 0 Å². The molecule has 0 N–H and O–H groups in total. The van der Waals surface area contributed by atoms with Gasteiger partial charge in [-0.15, -0.1) is 0 Å². The minimum atomic E-state index is 0.769. The van der Waals surface area contributed by atoms with Crippen molar-refractivity contribution in [2.75, 3.05) is 0 Å². The Labute approximate surface area is 73.5 Å². The minimum absolute atomic E-state index is 0.769. The highest BCUT2D eigenvalue weighted by atomic mass is 14.7. The van der Waals surface area contributed by atoms with E-state index in [0.717, 1.165) is 6.54 Å². The molecule has 0 unspecified atom stereocenters. The maximum atomic E-state index is 4.22. The lowest BCUT2D eigenvalue weighted by molar-refractivity contribution is 1.08. The van der Waals surface area contributed by atoms with E-state index in [2.05, 4.69) is 17.1 Å². The summed E-state index contributed by atoms with van der Waals surface area (Å²) in [5.74, 6) is 0. The molecule has 0 bridgehead atoms. The van der Waals surface area contributed by atoms with Crippen molar-refractivity contribution < 1.29 is 0 Å². The van der Waals surface area contributed by atoms with Gasteiger partial charge < -0.3 is 0 Å². The summed E-state index contributed by atoms with van der Waals surface area (Å²) in [7, 11) is 0. The van der Waals surface area contributed by atoms with Crippen LogP contribution in [0.3, 0.4) is 0 Å². The molecule has 0 aliphatic carbocycles. The van der Waals surface area contributed by atoms with Crippen molar-refractivity contribution in [3.8, 4) is 0 Å². The van der Waals surface area contributed by atoms with Gasteiger partial charge >= 0.3 is 0 Å². The maximum absolute atomic E-state index is 4.22. The van der Waals surface area contributed by atoms with Crippen molar-refractivity contribution in [1.29, 1.82) is 0 Å². The first-order chi connectivity index (χ1) is 5.93. The molecule has 0 amide bonds. The second-order valence-electron chi connectivity index (χ2n) is 2.50. The summed E-state index contributed by atoms with van der Waals surface area (Å²) in [4.78, 5) is 4.22. The van der Waals surface area contributed by atoms with Gasteiger partial charge in [0.15, 0.2) is 0 Å². The number of rotatable bonds is 3. The van der Waals surface area contributed by atoms with Crippen LogP contribution in [0.1, 0.15) is 12.5 Å². The molecule has 1 rings (SSSR count). The summed E-state index contributed by atoms with van der Waals surface area (Å²) in [5.41, 5.74) is 1.25. The van der Waals surface area contributed by atoms with E-state index in [-0.39, 0.29) is 0 Å². The molecule has 0 aromatic heterocycles. The smallest absolute Gasteiger partial charge is 0.0639 e. The van der Waals surface area contributed by atoms with Crippen LogP contribution in [-0.2, 0) is 6.54 Å². The number of allylic oxidation sites excluding steroid dienone is 2. The zero-order valence-corrected chi connectivity index (χ0v) is 7.27. The molecule has 1 aromatic carbocycles. The molecule has 1 aromatic rings. The van der Waals surface area contributed by atoms with Gasteiger partial charge in [-0.2, -0.15) is 0 Å². The summed E-state index contributed by atoms with van der Waals surface area (Å²) in [6.45, 7) is 2.75. The van der Waals surface area contributed by atoms with Crippen molar-refractivity contribution in [2.24, 2.45) is 4.99 Å². The van der Waals surface area contributed by atoms with E-state index in [4.69, 9.17) is 0 Å². The molecule has 62 valence electrons. The van der Waals surface area contributed by atoms with Gasteiger partial charge in [0.05, 0.1) is 6.54 Å². The SMILES string of the molecule is C/C=C/C=NCc1ccccc1. The van der Waals surface area contributed by atoms with Gasteiger partial charge in [-0.25, -0.2) is 0 Å². The Bertz CT molecular complexity index is 260. The van der Waals surface area contributed by atoms with Gasteiger partial charge in [0.25, 0.3) is 0 Å². The minimum Gasteiger partial charge on any atom is -0.288 e. The second-order valence-corrected chi connectivity index (χ2v) is 2.50. The molecule has 0 aliphatic rings. The molecule has 0 saturated heterocycles. The molecule has 0 aliphatic heterocycles. The first-order valence-corrected chi connectivity index (χ1v) is 4.08. The van der Waals surface area contributed by atoms with Gasteiger partial charge in [-0.1, -0.05) is 36.4 Å². The Balaban J connectivity index is 2.43. The van der Waals surface area contributed by atoms with Crippen molar-refractivity contribution in [2.45, 2.75) is 13.5 Å². The Morgan fingerprint density at radius 2 is 2.00 bits per heavy atom. The summed E-state index contributed by atoms with van der Waals surface area (Å²) < 4.78 is 0. The van der Waals surface area contributed by atoms with Crippen LogP contribution in [0.4, 0.5) is 0 Å². The van der Waals surface area contributed by atoms with Crippen LogP contribution in [0.5, 0.6) is 0 Å². The third kappa shape index (κ3) is 3.15. The van der Waals surface area contributed by atoms with Crippen LogP contribution >= 0.6 is 0 Å². The van der Waals surface area contributed by atoms with Crippen molar-refractivity contribution in [3.05, 3.63) is 48.0 Å². The molecule has 0 heterocycles. The van der Waals surface area contributed by atoms with Crippen LogP contribution in [0.2, 0.25) is 0 Å². The van der Waals surface area contributed by atoms with Crippen molar-refractivity contribution in [1.82, 2.24) is 0 Å². The first-order valence-electron chi connectivity index (χ1n) is 4.08. The Hall–Kier alpha value is -1.37. The van der Waals surface area contributed by atoms with E-state index in [1.54, 1.807) is 0 Å². The van der Waals surface area contributed by atoms with Gasteiger partial charge in [0.2, 0.25) is 0 Å². The van der Waals surface area contributed by atoms with Gasteiger partial charge in [0.1, 0.15) is 0 Å². The average molecular weight is 159 g/mol. The predicted molar refractivity (Wildman–Crippen MR) is 53.5 cm³/mol. The van der Waals surface area contributed by atoms with E-state index in [0.29, 0.717) is 0 Å². The van der Waals surface area contributed by atoms with Gasteiger partial charge in [0, 0.05) is 6.21 Å². The lowest BCUT2D eigenvalue weighted by Crippen LogP contribution is -1.79. The molecule has 0 atom stereocenters. The summed E-state index contributed by atoms with van der Waals surface area (Å²) >= 11 is 0. The summed E-state index contributed by atoms with van der Waals surface area (Å²) in [6.07, 6.45) is 5.73. The van der Waals surface area contributed by atoms with Crippen molar-refractivity contribution in [3.63, 3.8) is 0 Å². The van der Waals surface area contributed by atoms with E-state index >= 15 is 0 Å². The van der Waals surface area contributed by atoms with E-state index in [1.807, 2.05) is 43.5 Å². The highest BCUT2D eigenvalue weighted by molar-refractivity contribution is 5.70. The average Bonchev–Trinajstić information content (AvgIpc) is 2.14. The fourth-order valence-corrected chi connectivity index (χ4v) is 0.888. The molecular formula is C11H13N. The number of hydrogen-bond acceptors (Lipinski definition) is 1.